The van der Waals surface area contributed by atoms with Crippen LogP contribution in [-0.4, -0.2) is 17.7 Å². The second-order valence-electron chi connectivity index (χ2n) is 4.86. The van der Waals surface area contributed by atoms with Gasteiger partial charge in [0.2, 0.25) is 0 Å². The van der Waals surface area contributed by atoms with Crippen LogP contribution in [-0.2, 0) is 6.42 Å². The van der Waals surface area contributed by atoms with Crippen LogP contribution in [0.3, 0.4) is 0 Å². The van der Waals surface area contributed by atoms with E-state index in [-0.39, 0.29) is 5.56 Å². The highest BCUT2D eigenvalue weighted by atomic mass is 35.5. The van der Waals surface area contributed by atoms with Crippen molar-refractivity contribution in [3.8, 4) is 5.75 Å². The molecule has 1 N–H and O–H groups in total. The molecule has 4 heteroatoms. The predicted molar refractivity (Wildman–Crippen MR) is 76.8 cm³/mol. The summed E-state index contributed by atoms with van der Waals surface area (Å²) in [6.45, 7) is 0.559. The second-order valence-corrected chi connectivity index (χ2v) is 5.27. The summed E-state index contributed by atoms with van der Waals surface area (Å²) in [5.74, 6) is -0.0752. The average Bonchev–Trinajstić information content (AvgIpc) is 2.41. The Morgan fingerprint density at radius 2 is 2.10 bits per heavy atom. The highest BCUT2D eigenvalue weighted by molar-refractivity contribution is 6.32. The number of carbonyl (C=O) groups is 1. The van der Waals surface area contributed by atoms with Crippen LogP contribution in [0.1, 0.15) is 27.4 Å². The first-order chi connectivity index (χ1) is 9.65. The van der Waals surface area contributed by atoms with Gasteiger partial charge in [0.1, 0.15) is 5.75 Å². The molecule has 3 nitrogen and oxygen atoms in total. The Bertz CT molecular complexity index is 667. The Morgan fingerprint density at radius 3 is 2.80 bits per heavy atom. The minimum Gasteiger partial charge on any atom is -0.491 e. The lowest BCUT2D eigenvalue weighted by Gasteiger charge is -2.29. The van der Waals surface area contributed by atoms with Crippen molar-refractivity contribution in [1.29, 1.82) is 0 Å². The number of carboxylic acids is 1. The summed E-state index contributed by atoms with van der Waals surface area (Å²) in [6.07, 6.45) is 1.01. The average molecular weight is 289 g/mol. The van der Waals surface area contributed by atoms with Crippen molar-refractivity contribution in [3.63, 3.8) is 0 Å². The third kappa shape index (κ3) is 2.37. The van der Waals surface area contributed by atoms with E-state index < -0.39 is 5.97 Å². The third-order valence-corrected chi connectivity index (χ3v) is 3.88. The van der Waals surface area contributed by atoms with Gasteiger partial charge in [0.05, 0.1) is 17.2 Å². The molecule has 1 atom stereocenters. The van der Waals surface area contributed by atoms with Crippen molar-refractivity contribution in [1.82, 2.24) is 0 Å². The maximum atomic E-state index is 10.8. The van der Waals surface area contributed by atoms with E-state index in [1.54, 1.807) is 6.07 Å². The van der Waals surface area contributed by atoms with Gasteiger partial charge in [-0.05, 0) is 35.7 Å². The molecule has 0 saturated heterocycles. The van der Waals surface area contributed by atoms with E-state index in [1.165, 1.54) is 23.3 Å². The Balaban J connectivity index is 1.67. The van der Waals surface area contributed by atoms with E-state index in [1.807, 2.05) is 12.1 Å². The topological polar surface area (TPSA) is 46.5 Å². The molecule has 0 aromatic heterocycles. The van der Waals surface area contributed by atoms with Gasteiger partial charge in [0, 0.05) is 5.92 Å². The molecular weight excluding hydrogens is 276 g/mol. The molecule has 0 spiro atoms. The zero-order valence-corrected chi connectivity index (χ0v) is 11.4. The molecule has 0 aliphatic heterocycles. The van der Waals surface area contributed by atoms with Gasteiger partial charge in [-0.25, -0.2) is 4.79 Å². The molecule has 0 fully saturated rings. The maximum Gasteiger partial charge on any atom is 0.335 e. The van der Waals surface area contributed by atoms with Crippen molar-refractivity contribution < 1.29 is 14.6 Å². The number of benzene rings is 2. The molecule has 20 heavy (non-hydrogen) atoms. The van der Waals surface area contributed by atoms with Crippen LogP contribution in [0.25, 0.3) is 0 Å². The fourth-order valence-corrected chi connectivity index (χ4v) is 2.69. The fourth-order valence-electron chi connectivity index (χ4n) is 2.45. The number of aromatic carboxylic acids is 1. The minimum atomic E-state index is -0.994. The van der Waals surface area contributed by atoms with Crippen molar-refractivity contribution in [2.45, 2.75) is 12.3 Å². The van der Waals surface area contributed by atoms with E-state index in [2.05, 4.69) is 12.1 Å². The van der Waals surface area contributed by atoms with Crippen molar-refractivity contribution in [2.75, 3.05) is 6.61 Å². The molecule has 3 rings (SSSR count). The van der Waals surface area contributed by atoms with Gasteiger partial charge in [0.15, 0.2) is 0 Å². The number of rotatable bonds is 4. The van der Waals surface area contributed by atoms with Crippen molar-refractivity contribution >= 4 is 17.6 Å². The first-order valence-electron chi connectivity index (χ1n) is 6.38. The van der Waals surface area contributed by atoms with E-state index in [0.29, 0.717) is 23.3 Å². The van der Waals surface area contributed by atoms with Gasteiger partial charge in [-0.15, -0.1) is 0 Å². The number of fused-ring (bicyclic) bond motifs is 1. The molecule has 0 heterocycles. The van der Waals surface area contributed by atoms with E-state index in [0.717, 1.165) is 6.42 Å². The molecule has 2 aromatic carbocycles. The number of hydrogen-bond donors (Lipinski definition) is 1. The van der Waals surface area contributed by atoms with Crippen molar-refractivity contribution in [3.05, 3.63) is 64.2 Å². The quantitative estimate of drug-likeness (QED) is 0.932. The highest BCUT2D eigenvalue weighted by Crippen LogP contribution is 2.36. The van der Waals surface area contributed by atoms with Gasteiger partial charge in [0.25, 0.3) is 0 Å². The summed E-state index contributed by atoms with van der Waals surface area (Å²) in [4.78, 5) is 10.8. The zero-order chi connectivity index (χ0) is 14.1. The largest absolute Gasteiger partial charge is 0.491 e. The number of halogens is 1. The third-order valence-electron chi connectivity index (χ3n) is 3.58. The van der Waals surface area contributed by atoms with Crippen LogP contribution in [0, 0.1) is 0 Å². The summed E-state index contributed by atoms with van der Waals surface area (Å²) in [5.41, 5.74) is 2.86. The monoisotopic (exact) mass is 288 g/mol. The van der Waals surface area contributed by atoms with Crippen LogP contribution in [0.15, 0.2) is 42.5 Å². The number of hydrogen-bond acceptors (Lipinski definition) is 2. The summed E-state index contributed by atoms with van der Waals surface area (Å²) in [5, 5.41) is 9.21. The van der Waals surface area contributed by atoms with Gasteiger partial charge in [-0.1, -0.05) is 35.9 Å². The molecule has 0 bridgehead atoms. The van der Waals surface area contributed by atoms with Crippen LogP contribution in [0.4, 0.5) is 0 Å². The maximum absolute atomic E-state index is 10.8. The molecule has 102 valence electrons. The summed E-state index contributed by atoms with van der Waals surface area (Å²) < 4.78 is 5.71. The normalized spacial score (nSPS) is 16.1. The molecule has 1 aliphatic carbocycles. The lowest BCUT2D eigenvalue weighted by molar-refractivity contribution is 0.0697. The molecule has 0 radical (unpaired) electrons. The Labute approximate surface area is 121 Å². The summed E-state index contributed by atoms with van der Waals surface area (Å²) in [7, 11) is 0. The Hall–Kier alpha value is -2.00. The van der Waals surface area contributed by atoms with Gasteiger partial charge < -0.3 is 9.84 Å². The first-order valence-corrected chi connectivity index (χ1v) is 6.76. The fraction of sp³-hybridized carbons (Fsp3) is 0.188. The first kappa shape index (κ1) is 13.0. The smallest absolute Gasteiger partial charge is 0.335 e. The van der Waals surface area contributed by atoms with E-state index in [4.69, 9.17) is 21.4 Å². The summed E-state index contributed by atoms with van der Waals surface area (Å²) >= 11 is 6.03. The molecule has 1 aliphatic rings. The molecule has 2 aromatic rings. The van der Waals surface area contributed by atoms with E-state index in [9.17, 15) is 4.79 Å². The highest BCUT2D eigenvalue weighted by Gasteiger charge is 2.26. The number of carboxylic acid groups (broad SMARTS) is 1. The molecule has 1 unspecified atom stereocenters. The van der Waals surface area contributed by atoms with Crippen LogP contribution < -0.4 is 4.74 Å². The van der Waals surface area contributed by atoms with Gasteiger partial charge in [-0.2, -0.15) is 0 Å². The van der Waals surface area contributed by atoms with Crippen molar-refractivity contribution in [2.24, 2.45) is 0 Å². The van der Waals surface area contributed by atoms with Crippen LogP contribution in [0.2, 0.25) is 5.02 Å². The Morgan fingerprint density at radius 1 is 1.30 bits per heavy atom. The SMILES string of the molecule is O=C(O)c1ccc(OCC2Cc3ccccc32)c(Cl)c1. The van der Waals surface area contributed by atoms with Crippen LogP contribution in [0.5, 0.6) is 5.75 Å². The zero-order valence-electron chi connectivity index (χ0n) is 10.7. The predicted octanol–water partition coefficient (Wildman–Crippen LogP) is 3.76. The lowest BCUT2D eigenvalue weighted by atomic mass is 9.78. The van der Waals surface area contributed by atoms with Crippen LogP contribution >= 0.6 is 11.6 Å². The van der Waals surface area contributed by atoms with Gasteiger partial charge in [-0.3, -0.25) is 0 Å². The molecule has 0 amide bonds. The second kappa shape index (κ2) is 5.17. The number of ether oxygens (including phenoxy) is 1. The Kier molecular flexibility index (Phi) is 3.36. The van der Waals surface area contributed by atoms with E-state index >= 15 is 0 Å². The lowest BCUT2D eigenvalue weighted by Crippen LogP contribution is -2.23. The molecular formula is C16H13ClO3. The molecule has 0 saturated carbocycles. The summed E-state index contributed by atoms with van der Waals surface area (Å²) in [6, 6.07) is 12.8. The minimum absolute atomic E-state index is 0.163. The van der Waals surface area contributed by atoms with Gasteiger partial charge >= 0.3 is 5.97 Å². The standard InChI is InChI=1S/C16H13ClO3/c17-14-8-11(16(18)19)5-6-15(14)20-9-12-7-10-3-1-2-4-13(10)12/h1-6,8,12H,7,9H2,(H,18,19).